The van der Waals surface area contributed by atoms with Crippen molar-refractivity contribution in [3.05, 3.63) is 0 Å². The van der Waals surface area contributed by atoms with Crippen LogP contribution in [0.15, 0.2) is 0 Å². The zero-order valence-corrected chi connectivity index (χ0v) is 15.1. The molecule has 0 bridgehead atoms. The zero-order valence-electron chi connectivity index (χ0n) is 14.3. The molecule has 0 spiro atoms. The molecule has 0 aromatic rings. The highest BCUT2D eigenvalue weighted by Crippen LogP contribution is 2.13. The van der Waals surface area contributed by atoms with E-state index in [1.54, 1.807) is 0 Å². The van der Waals surface area contributed by atoms with E-state index in [-0.39, 0.29) is 3.89 Å². The molecular formula is C16H36NO3S+. The van der Waals surface area contributed by atoms with E-state index in [2.05, 4.69) is 6.92 Å². The highest BCUT2D eigenvalue weighted by molar-refractivity contribution is 7.80. The summed E-state index contributed by atoms with van der Waals surface area (Å²) in [5, 5.41) is 0. The van der Waals surface area contributed by atoms with Crippen LogP contribution in [0.4, 0.5) is 0 Å². The minimum atomic E-state index is -3.98. The standard InChI is InChI=1S/C16H35NO3S/c1-4-5-6-7-8-9-10-11-12-13-14-15-16-17(2,3)21(18,19)20/h4-16H2,1-3H3/p+1. The summed E-state index contributed by atoms with van der Waals surface area (Å²) in [6.45, 7) is 2.73. The molecule has 0 amide bonds. The molecule has 0 unspecified atom stereocenters. The molecule has 0 atom stereocenters. The van der Waals surface area contributed by atoms with Crippen molar-refractivity contribution >= 4 is 10.3 Å². The maximum Gasteiger partial charge on any atom is 0.432 e. The van der Waals surface area contributed by atoms with E-state index >= 15 is 0 Å². The van der Waals surface area contributed by atoms with Crippen molar-refractivity contribution < 1.29 is 16.9 Å². The lowest BCUT2D eigenvalue weighted by atomic mass is 10.1. The van der Waals surface area contributed by atoms with Crippen LogP contribution in [0.1, 0.15) is 84.0 Å². The Balaban J connectivity index is 3.34. The van der Waals surface area contributed by atoms with Crippen molar-refractivity contribution in [1.82, 2.24) is 0 Å². The second kappa shape index (κ2) is 11.4. The lowest BCUT2D eigenvalue weighted by Crippen LogP contribution is -2.45. The predicted octanol–water partition coefficient (Wildman–Crippen LogP) is 4.57. The van der Waals surface area contributed by atoms with E-state index in [0.717, 1.165) is 12.8 Å². The topological polar surface area (TPSA) is 54.4 Å². The van der Waals surface area contributed by atoms with Gasteiger partial charge < -0.3 is 0 Å². The van der Waals surface area contributed by atoms with E-state index in [4.69, 9.17) is 4.55 Å². The minimum Gasteiger partial charge on any atom is -0.241 e. The third-order valence-electron chi connectivity index (χ3n) is 4.17. The SMILES string of the molecule is CCCCCCCCCCCCCC[N+](C)(C)S(=O)(=O)O. The maximum absolute atomic E-state index is 11.1. The van der Waals surface area contributed by atoms with Crippen LogP contribution in [0.3, 0.4) is 0 Å². The first-order valence-electron chi connectivity index (χ1n) is 8.62. The summed E-state index contributed by atoms with van der Waals surface area (Å²) < 4.78 is 31.0. The van der Waals surface area contributed by atoms with Gasteiger partial charge in [0.2, 0.25) is 0 Å². The number of unbranched alkanes of at least 4 members (excludes halogenated alkanes) is 11. The molecule has 5 heteroatoms. The summed E-state index contributed by atoms with van der Waals surface area (Å²) in [6.07, 6.45) is 15.1. The molecule has 0 aromatic carbocycles. The highest BCUT2D eigenvalue weighted by atomic mass is 32.2. The average Bonchev–Trinajstić information content (AvgIpc) is 2.38. The molecule has 0 radical (unpaired) electrons. The Kier molecular flexibility index (Phi) is 11.4. The van der Waals surface area contributed by atoms with Crippen LogP contribution in [-0.2, 0) is 10.3 Å². The van der Waals surface area contributed by atoms with Crippen LogP contribution < -0.4 is 0 Å². The zero-order chi connectivity index (χ0) is 16.2. The van der Waals surface area contributed by atoms with Gasteiger partial charge in [-0.1, -0.05) is 71.1 Å². The van der Waals surface area contributed by atoms with Crippen molar-refractivity contribution in [2.75, 3.05) is 20.6 Å². The van der Waals surface area contributed by atoms with Crippen molar-refractivity contribution in [3.63, 3.8) is 0 Å². The third-order valence-corrected chi connectivity index (χ3v) is 5.61. The lowest BCUT2D eigenvalue weighted by Gasteiger charge is -2.24. The Morgan fingerprint density at radius 3 is 1.38 bits per heavy atom. The first kappa shape index (κ1) is 20.9. The molecule has 0 saturated carbocycles. The largest absolute Gasteiger partial charge is 0.432 e. The molecule has 4 nitrogen and oxygen atoms in total. The minimum absolute atomic E-state index is 0.329. The second-order valence-electron chi connectivity index (χ2n) is 6.63. The van der Waals surface area contributed by atoms with Crippen molar-refractivity contribution in [2.45, 2.75) is 84.0 Å². The second-order valence-corrected chi connectivity index (χ2v) is 8.52. The fourth-order valence-corrected chi connectivity index (χ4v) is 2.81. The van der Waals surface area contributed by atoms with Crippen LogP contribution in [0.2, 0.25) is 0 Å². The summed E-state index contributed by atoms with van der Waals surface area (Å²) in [4.78, 5) is 0. The Labute approximate surface area is 132 Å². The Morgan fingerprint density at radius 2 is 1.05 bits per heavy atom. The van der Waals surface area contributed by atoms with Gasteiger partial charge >= 0.3 is 10.3 Å². The Bertz CT molecular complexity index is 339. The molecule has 0 aromatic heterocycles. The van der Waals surface area contributed by atoms with E-state index in [0.29, 0.717) is 6.54 Å². The van der Waals surface area contributed by atoms with Gasteiger partial charge in [0, 0.05) is 0 Å². The molecule has 0 heterocycles. The van der Waals surface area contributed by atoms with Gasteiger partial charge in [-0.05, 0) is 12.8 Å². The highest BCUT2D eigenvalue weighted by Gasteiger charge is 2.29. The summed E-state index contributed by atoms with van der Waals surface area (Å²) in [6, 6.07) is 0. The normalized spacial score (nSPS) is 12.8. The fourth-order valence-electron chi connectivity index (χ4n) is 2.45. The van der Waals surface area contributed by atoms with Crippen LogP contribution in [0.5, 0.6) is 0 Å². The number of quaternary nitrogens is 1. The number of hydrogen-bond donors (Lipinski definition) is 1. The number of nitrogens with zero attached hydrogens (tertiary/aromatic N) is 1. The van der Waals surface area contributed by atoms with E-state index in [9.17, 15) is 8.42 Å². The van der Waals surface area contributed by atoms with Crippen molar-refractivity contribution in [2.24, 2.45) is 0 Å². The van der Waals surface area contributed by atoms with E-state index in [1.807, 2.05) is 0 Å². The maximum atomic E-state index is 11.1. The third kappa shape index (κ3) is 11.1. The van der Waals surface area contributed by atoms with Gasteiger partial charge in [-0.3, -0.25) is 0 Å². The summed E-state index contributed by atoms with van der Waals surface area (Å²) in [5.74, 6) is 0. The first-order valence-corrected chi connectivity index (χ1v) is 10.0. The monoisotopic (exact) mass is 322 g/mol. The molecule has 0 aliphatic rings. The summed E-state index contributed by atoms with van der Waals surface area (Å²) >= 11 is 0. The summed E-state index contributed by atoms with van der Waals surface area (Å²) in [5.41, 5.74) is 0. The van der Waals surface area contributed by atoms with Gasteiger partial charge in [0.25, 0.3) is 0 Å². The number of hydrogen-bond acceptors (Lipinski definition) is 2. The van der Waals surface area contributed by atoms with Gasteiger partial charge in [0.1, 0.15) is 0 Å². The van der Waals surface area contributed by atoms with Gasteiger partial charge in [-0.15, -0.1) is 8.42 Å². The van der Waals surface area contributed by atoms with Crippen LogP contribution >= 0.6 is 0 Å². The Morgan fingerprint density at radius 1 is 0.714 bits per heavy atom. The molecule has 128 valence electrons. The van der Waals surface area contributed by atoms with E-state index < -0.39 is 10.3 Å². The molecule has 0 rings (SSSR count). The lowest BCUT2D eigenvalue weighted by molar-refractivity contribution is -0.767. The van der Waals surface area contributed by atoms with Gasteiger partial charge in [-0.25, -0.2) is 4.55 Å². The van der Waals surface area contributed by atoms with Crippen LogP contribution in [-0.4, -0.2) is 37.5 Å². The molecule has 21 heavy (non-hydrogen) atoms. The molecule has 0 aliphatic carbocycles. The number of rotatable bonds is 14. The summed E-state index contributed by atoms with van der Waals surface area (Å²) in [7, 11) is -0.908. The van der Waals surface area contributed by atoms with Crippen LogP contribution in [0, 0.1) is 0 Å². The first-order chi connectivity index (χ1) is 9.81. The molecule has 1 N–H and O–H groups in total. The van der Waals surface area contributed by atoms with Gasteiger partial charge in [0.05, 0.1) is 20.6 Å². The Hall–Kier alpha value is -0.130. The molecule has 0 aliphatic heterocycles. The quantitative estimate of drug-likeness (QED) is 0.289. The van der Waals surface area contributed by atoms with Gasteiger partial charge in [0.15, 0.2) is 0 Å². The van der Waals surface area contributed by atoms with Gasteiger partial charge in [-0.2, -0.15) is 3.89 Å². The molecule has 0 fully saturated rings. The van der Waals surface area contributed by atoms with Crippen molar-refractivity contribution in [3.8, 4) is 0 Å². The van der Waals surface area contributed by atoms with Crippen molar-refractivity contribution in [1.29, 1.82) is 0 Å². The van der Waals surface area contributed by atoms with E-state index in [1.165, 1.54) is 78.3 Å². The smallest absolute Gasteiger partial charge is 0.241 e. The average molecular weight is 323 g/mol. The molecule has 0 saturated heterocycles. The predicted molar refractivity (Wildman–Crippen MR) is 89.6 cm³/mol. The fraction of sp³-hybridized carbons (Fsp3) is 1.00. The van der Waals surface area contributed by atoms with Crippen LogP contribution in [0.25, 0.3) is 0 Å². The molecular weight excluding hydrogens is 286 g/mol.